The van der Waals surface area contributed by atoms with E-state index in [4.69, 9.17) is 5.11 Å². The highest BCUT2D eigenvalue weighted by molar-refractivity contribution is 5.85. The molecule has 0 bridgehead atoms. The standard InChI is InChI=1S/C14H28N2O3.ClH/c1-16(2)12-8-11-15-13(17)9-6-4-3-5-7-10-14(18)19;/h3-12H2,1-2H3,(H,15,17)(H,18,19);1H. The summed E-state index contributed by atoms with van der Waals surface area (Å²) >= 11 is 0. The molecular formula is C14H29ClN2O3. The van der Waals surface area contributed by atoms with Crippen LogP contribution in [0.15, 0.2) is 0 Å². The van der Waals surface area contributed by atoms with Crippen LogP contribution in [0, 0.1) is 0 Å². The summed E-state index contributed by atoms with van der Waals surface area (Å²) in [5.41, 5.74) is 0. The van der Waals surface area contributed by atoms with Gasteiger partial charge in [-0.25, -0.2) is 0 Å². The van der Waals surface area contributed by atoms with Gasteiger partial charge in [0.05, 0.1) is 0 Å². The van der Waals surface area contributed by atoms with Crippen LogP contribution in [0.1, 0.15) is 51.4 Å². The van der Waals surface area contributed by atoms with E-state index in [9.17, 15) is 9.59 Å². The number of nitrogens with one attached hydrogen (secondary N) is 1. The van der Waals surface area contributed by atoms with E-state index >= 15 is 0 Å². The molecule has 0 spiro atoms. The minimum atomic E-state index is -0.725. The zero-order valence-corrected chi connectivity index (χ0v) is 13.5. The van der Waals surface area contributed by atoms with Gasteiger partial charge in [-0.1, -0.05) is 19.3 Å². The highest BCUT2D eigenvalue weighted by Gasteiger charge is 2.01. The van der Waals surface area contributed by atoms with Gasteiger partial charge in [0.25, 0.3) is 0 Å². The molecule has 0 rings (SSSR count). The van der Waals surface area contributed by atoms with Crippen molar-refractivity contribution < 1.29 is 14.7 Å². The fourth-order valence-electron chi connectivity index (χ4n) is 1.80. The van der Waals surface area contributed by atoms with Gasteiger partial charge in [-0.2, -0.15) is 0 Å². The summed E-state index contributed by atoms with van der Waals surface area (Å²) < 4.78 is 0. The highest BCUT2D eigenvalue weighted by atomic mass is 35.5. The molecule has 5 nitrogen and oxygen atoms in total. The Kier molecular flexibility index (Phi) is 15.7. The molecule has 0 heterocycles. The Morgan fingerprint density at radius 1 is 0.950 bits per heavy atom. The van der Waals surface area contributed by atoms with Gasteiger partial charge in [-0.15, -0.1) is 12.4 Å². The summed E-state index contributed by atoms with van der Waals surface area (Å²) in [4.78, 5) is 23.9. The smallest absolute Gasteiger partial charge is 0.303 e. The zero-order chi connectivity index (χ0) is 14.5. The third-order valence-corrected chi connectivity index (χ3v) is 2.90. The lowest BCUT2D eigenvalue weighted by molar-refractivity contribution is -0.137. The van der Waals surface area contributed by atoms with Crippen LogP contribution < -0.4 is 5.32 Å². The molecule has 0 aromatic rings. The average molecular weight is 309 g/mol. The molecule has 0 unspecified atom stereocenters. The SMILES string of the molecule is CN(C)CCCNC(=O)CCCCCCCC(=O)O.Cl. The molecule has 20 heavy (non-hydrogen) atoms. The maximum atomic E-state index is 11.5. The van der Waals surface area contributed by atoms with Gasteiger partial charge in [0.1, 0.15) is 0 Å². The Balaban J connectivity index is 0. The maximum Gasteiger partial charge on any atom is 0.303 e. The molecule has 0 aliphatic rings. The van der Waals surface area contributed by atoms with Gasteiger partial charge in [0, 0.05) is 19.4 Å². The summed E-state index contributed by atoms with van der Waals surface area (Å²) in [5, 5.41) is 11.4. The van der Waals surface area contributed by atoms with Crippen LogP contribution in [0.2, 0.25) is 0 Å². The molecule has 1 amide bonds. The van der Waals surface area contributed by atoms with Crippen molar-refractivity contribution in [1.82, 2.24) is 10.2 Å². The fraction of sp³-hybridized carbons (Fsp3) is 0.857. The third-order valence-electron chi connectivity index (χ3n) is 2.90. The fourth-order valence-corrected chi connectivity index (χ4v) is 1.80. The number of unbranched alkanes of at least 4 members (excludes halogenated alkanes) is 4. The number of aliphatic carboxylic acids is 1. The number of hydrogen-bond acceptors (Lipinski definition) is 3. The van der Waals surface area contributed by atoms with Crippen molar-refractivity contribution in [3.8, 4) is 0 Å². The van der Waals surface area contributed by atoms with E-state index in [2.05, 4.69) is 10.2 Å². The van der Waals surface area contributed by atoms with Gasteiger partial charge in [0.15, 0.2) is 0 Å². The van der Waals surface area contributed by atoms with Gasteiger partial charge < -0.3 is 15.3 Å². The first kappa shape index (κ1) is 21.5. The Morgan fingerprint density at radius 3 is 2.05 bits per heavy atom. The van der Waals surface area contributed by atoms with Crippen molar-refractivity contribution >= 4 is 24.3 Å². The molecular weight excluding hydrogens is 280 g/mol. The average Bonchev–Trinajstić information content (AvgIpc) is 2.33. The quantitative estimate of drug-likeness (QED) is 0.543. The minimum Gasteiger partial charge on any atom is -0.481 e. The third kappa shape index (κ3) is 17.2. The van der Waals surface area contributed by atoms with Crippen LogP contribution in [0.5, 0.6) is 0 Å². The monoisotopic (exact) mass is 308 g/mol. The van der Waals surface area contributed by atoms with Gasteiger partial charge in [-0.3, -0.25) is 9.59 Å². The molecule has 0 aliphatic carbocycles. The Morgan fingerprint density at radius 2 is 1.50 bits per heavy atom. The van der Waals surface area contributed by atoms with Crippen LogP contribution in [0.25, 0.3) is 0 Å². The van der Waals surface area contributed by atoms with Crippen LogP contribution in [-0.2, 0) is 9.59 Å². The van der Waals surface area contributed by atoms with E-state index in [0.717, 1.165) is 51.6 Å². The van der Waals surface area contributed by atoms with Crippen molar-refractivity contribution in [2.75, 3.05) is 27.2 Å². The van der Waals surface area contributed by atoms with Crippen molar-refractivity contribution in [3.63, 3.8) is 0 Å². The maximum absolute atomic E-state index is 11.5. The van der Waals surface area contributed by atoms with Crippen molar-refractivity contribution in [2.24, 2.45) is 0 Å². The van der Waals surface area contributed by atoms with Crippen LogP contribution in [0.4, 0.5) is 0 Å². The van der Waals surface area contributed by atoms with E-state index in [-0.39, 0.29) is 24.7 Å². The van der Waals surface area contributed by atoms with E-state index in [1.54, 1.807) is 0 Å². The van der Waals surface area contributed by atoms with E-state index in [0.29, 0.717) is 6.42 Å². The first-order valence-electron chi connectivity index (χ1n) is 7.15. The van der Waals surface area contributed by atoms with Crippen LogP contribution >= 0.6 is 12.4 Å². The molecule has 0 saturated heterocycles. The summed E-state index contributed by atoms with van der Waals surface area (Å²) in [7, 11) is 4.04. The second-order valence-electron chi connectivity index (χ2n) is 5.17. The lowest BCUT2D eigenvalue weighted by Crippen LogP contribution is -2.26. The molecule has 0 aromatic heterocycles. The van der Waals surface area contributed by atoms with Gasteiger partial charge in [0.2, 0.25) is 5.91 Å². The number of hydrogen-bond donors (Lipinski definition) is 2. The minimum absolute atomic E-state index is 0. The van der Waals surface area contributed by atoms with Crippen LogP contribution in [0.3, 0.4) is 0 Å². The lowest BCUT2D eigenvalue weighted by atomic mass is 10.1. The number of carbonyl (C=O) groups excluding carboxylic acids is 1. The topological polar surface area (TPSA) is 69.6 Å². The predicted octanol–water partition coefficient (Wildman–Crippen LogP) is 2.29. The number of amides is 1. The molecule has 0 atom stereocenters. The molecule has 6 heteroatoms. The Hall–Kier alpha value is -0.810. The van der Waals surface area contributed by atoms with E-state index in [1.807, 2.05) is 14.1 Å². The Bertz CT molecular complexity index is 261. The number of rotatable bonds is 12. The predicted molar refractivity (Wildman–Crippen MR) is 83.4 cm³/mol. The Labute approximate surface area is 128 Å². The first-order valence-corrected chi connectivity index (χ1v) is 7.15. The number of carboxylic acids is 1. The van der Waals surface area contributed by atoms with E-state index < -0.39 is 5.97 Å². The second-order valence-corrected chi connectivity index (χ2v) is 5.17. The summed E-state index contributed by atoms with van der Waals surface area (Å²) in [6.07, 6.45) is 6.42. The van der Waals surface area contributed by atoms with Gasteiger partial charge in [-0.05, 0) is 39.9 Å². The number of halogens is 1. The number of carboxylic acid groups (broad SMARTS) is 1. The molecule has 0 aromatic carbocycles. The molecule has 0 aliphatic heterocycles. The molecule has 0 radical (unpaired) electrons. The largest absolute Gasteiger partial charge is 0.481 e. The molecule has 0 fully saturated rings. The molecule has 120 valence electrons. The molecule has 0 saturated carbocycles. The second kappa shape index (κ2) is 14.6. The molecule has 2 N–H and O–H groups in total. The van der Waals surface area contributed by atoms with Crippen molar-refractivity contribution in [3.05, 3.63) is 0 Å². The lowest BCUT2D eigenvalue weighted by Gasteiger charge is -2.09. The normalized spacial score (nSPS) is 10.2. The first-order chi connectivity index (χ1) is 9.02. The van der Waals surface area contributed by atoms with E-state index in [1.165, 1.54) is 0 Å². The zero-order valence-electron chi connectivity index (χ0n) is 12.7. The summed E-state index contributed by atoms with van der Waals surface area (Å²) in [6.45, 7) is 1.74. The van der Waals surface area contributed by atoms with Gasteiger partial charge >= 0.3 is 5.97 Å². The number of nitrogens with zero attached hydrogens (tertiary/aromatic N) is 1. The van der Waals surface area contributed by atoms with Crippen molar-refractivity contribution in [1.29, 1.82) is 0 Å². The highest BCUT2D eigenvalue weighted by Crippen LogP contribution is 2.07. The summed E-state index contributed by atoms with van der Waals surface area (Å²) in [5.74, 6) is -0.596. The van der Waals surface area contributed by atoms with Crippen LogP contribution in [-0.4, -0.2) is 49.1 Å². The van der Waals surface area contributed by atoms with Crippen molar-refractivity contribution in [2.45, 2.75) is 51.4 Å². The summed E-state index contributed by atoms with van der Waals surface area (Å²) in [6, 6.07) is 0. The number of carbonyl (C=O) groups is 2.